The van der Waals surface area contributed by atoms with E-state index in [0.717, 1.165) is 12.0 Å². The zero-order valence-electron chi connectivity index (χ0n) is 9.73. The van der Waals surface area contributed by atoms with Gasteiger partial charge in [0.2, 0.25) is 0 Å². The van der Waals surface area contributed by atoms with Crippen LogP contribution in [0.15, 0.2) is 47.6 Å². The first kappa shape index (κ1) is 10.9. The number of benzene rings is 1. The van der Waals surface area contributed by atoms with Crippen LogP contribution in [0.4, 0.5) is 0 Å². The lowest BCUT2D eigenvalue weighted by Gasteiger charge is -2.18. The van der Waals surface area contributed by atoms with Gasteiger partial charge in [0.15, 0.2) is 5.78 Å². The van der Waals surface area contributed by atoms with Gasteiger partial charge in [-0.1, -0.05) is 43.3 Å². The summed E-state index contributed by atoms with van der Waals surface area (Å²) in [4.78, 5) is 11.5. The van der Waals surface area contributed by atoms with Crippen molar-refractivity contribution in [3.05, 3.63) is 53.1 Å². The molecule has 1 heteroatoms. The highest BCUT2D eigenvalue weighted by molar-refractivity contribution is 5.95. The topological polar surface area (TPSA) is 17.1 Å². The van der Waals surface area contributed by atoms with Crippen molar-refractivity contribution in [2.75, 3.05) is 0 Å². The third kappa shape index (κ3) is 2.30. The average molecular weight is 212 g/mol. The third-order valence-electron chi connectivity index (χ3n) is 3.02. The molecule has 0 heterocycles. The molecule has 0 fully saturated rings. The molecular formula is C15H16O. The van der Waals surface area contributed by atoms with Crippen LogP contribution in [0.3, 0.4) is 0 Å². The maximum Gasteiger partial charge on any atom is 0.159 e. The highest BCUT2D eigenvalue weighted by atomic mass is 16.1. The van der Waals surface area contributed by atoms with Crippen LogP contribution in [0.2, 0.25) is 0 Å². The Bertz CT molecular complexity index is 452. The van der Waals surface area contributed by atoms with Gasteiger partial charge in [-0.2, -0.15) is 0 Å². The molecule has 82 valence electrons. The van der Waals surface area contributed by atoms with Gasteiger partial charge >= 0.3 is 0 Å². The lowest BCUT2D eigenvalue weighted by molar-refractivity contribution is -0.117. The van der Waals surface area contributed by atoms with E-state index in [2.05, 4.69) is 18.2 Å². The van der Waals surface area contributed by atoms with Crippen molar-refractivity contribution in [3.8, 4) is 0 Å². The van der Waals surface area contributed by atoms with E-state index in [1.54, 1.807) is 6.08 Å². The van der Waals surface area contributed by atoms with Gasteiger partial charge in [-0.3, -0.25) is 4.79 Å². The van der Waals surface area contributed by atoms with Crippen molar-refractivity contribution in [1.82, 2.24) is 0 Å². The van der Waals surface area contributed by atoms with Gasteiger partial charge in [0, 0.05) is 5.92 Å². The van der Waals surface area contributed by atoms with Crippen LogP contribution in [-0.4, -0.2) is 5.78 Å². The summed E-state index contributed by atoms with van der Waals surface area (Å²) in [5.74, 6) is 0.376. The molecule has 0 radical (unpaired) electrons. The van der Waals surface area contributed by atoms with Gasteiger partial charge in [-0.25, -0.2) is 0 Å². The van der Waals surface area contributed by atoms with Crippen LogP contribution in [-0.2, 0) is 4.79 Å². The molecule has 0 saturated heterocycles. The van der Waals surface area contributed by atoms with E-state index in [-0.39, 0.29) is 11.7 Å². The number of hydrogen-bond acceptors (Lipinski definition) is 1. The van der Waals surface area contributed by atoms with Crippen molar-refractivity contribution in [3.63, 3.8) is 0 Å². The van der Waals surface area contributed by atoms with E-state index in [0.29, 0.717) is 0 Å². The minimum Gasteiger partial charge on any atom is -0.295 e. The normalized spacial score (nSPS) is 23.4. The van der Waals surface area contributed by atoms with Crippen LogP contribution < -0.4 is 0 Å². The second-order valence-corrected chi connectivity index (χ2v) is 4.42. The first-order chi connectivity index (χ1) is 7.66. The molecule has 0 saturated carbocycles. The summed E-state index contributed by atoms with van der Waals surface area (Å²) in [7, 11) is 0. The molecule has 0 bridgehead atoms. The number of carbonyl (C=O) groups is 1. The molecule has 2 rings (SSSR count). The predicted molar refractivity (Wildman–Crippen MR) is 67.0 cm³/mol. The Balaban J connectivity index is 2.32. The fourth-order valence-electron chi connectivity index (χ4n) is 1.96. The second-order valence-electron chi connectivity index (χ2n) is 4.42. The highest BCUT2D eigenvalue weighted by Crippen LogP contribution is 2.27. The Morgan fingerprint density at radius 1 is 1.25 bits per heavy atom. The van der Waals surface area contributed by atoms with Crippen molar-refractivity contribution < 1.29 is 4.79 Å². The SMILES string of the molecule is CC1=CC(=O)C(C)CC1=Cc1ccccc1. The Kier molecular flexibility index (Phi) is 3.04. The summed E-state index contributed by atoms with van der Waals surface area (Å²) in [6.45, 7) is 4.00. The Morgan fingerprint density at radius 3 is 2.62 bits per heavy atom. The molecule has 0 amide bonds. The molecule has 1 unspecified atom stereocenters. The summed E-state index contributed by atoms with van der Waals surface area (Å²) >= 11 is 0. The fourth-order valence-corrected chi connectivity index (χ4v) is 1.96. The van der Waals surface area contributed by atoms with E-state index >= 15 is 0 Å². The van der Waals surface area contributed by atoms with Gasteiger partial charge in [0.1, 0.15) is 0 Å². The van der Waals surface area contributed by atoms with E-state index in [1.165, 1.54) is 11.1 Å². The monoisotopic (exact) mass is 212 g/mol. The van der Waals surface area contributed by atoms with Crippen molar-refractivity contribution in [2.24, 2.45) is 5.92 Å². The lowest BCUT2D eigenvalue weighted by atomic mass is 9.85. The Labute approximate surface area is 96.5 Å². The minimum absolute atomic E-state index is 0.124. The molecule has 0 aromatic heterocycles. The third-order valence-corrected chi connectivity index (χ3v) is 3.02. The van der Waals surface area contributed by atoms with Crippen LogP contribution in [0.1, 0.15) is 25.8 Å². The Morgan fingerprint density at radius 2 is 1.94 bits per heavy atom. The van der Waals surface area contributed by atoms with Crippen molar-refractivity contribution >= 4 is 11.9 Å². The van der Waals surface area contributed by atoms with Crippen LogP contribution in [0, 0.1) is 5.92 Å². The van der Waals surface area contributed by atoms with Crippen LogP contribution in [0.5, 0.6) is 0 Å². The second kappa shape index (κ2) is 4.48. The lowest BCUT2D eigenvalue weighted by Crippen LogP contribution is -2.14. The average Bonchev–Trinajstić information content (AvgIpc) is 2.27. The van der Waals surface area contributed by atoms with E-state index in [9.17, 15) is 4.79 Å². The highest BCUT2D eigenvalue weighted by Gasteiger charge is 2.19. The van der Waals surface area contributed by atoms with Gasteiger partial charge in [-0.15, -0.1) is 0 Å². The summed E-state index contributed by atoms with van der Waals surface area (Å²) in [5.41, 5.74) is 3.58. The molecule has 1 aliphatic carbocycles. The van der Waals surface area contributed by atoms with Crippen LogP contribution >= 0.6 is 0 Å². The summed E-state index contributed by atoms with van der Waals surface area (Å²) in [6, 6.07) is 10.2. The van der Waals surface area contributed by atoms with Gasteiger partial charge in [0.25, 0.3) is 0 Å². The molecule has 1 aromatic carbocycles. The fraction of sp³-hybridized carbons (Fsp3) is 0.267. The number of ketones is 1. The summed E-state index contributed by atoms with van der Waals surface area (Å²) in [5, 5.41) is 0. The van der Waals surface area contributed by atoms with Crippen molar-refractivity contribution in [1.29, 1.82) is 0 Å². The van der Waals surface area contributed by atoms with Gasteiger partial charge in [0.05, 0.1) is 0 Å². The molecule has 0 aliphatic heterocycles. The molecular weight excluding hydrogens is 196 g/mol. The number of allylic oxidation sites excluding steroid dienone is 3. The zero-order chi connectivity index (χ0) is 11.5. The van der Waals surface area contributed by atoms with Crippen LogP contribution in [0.25, 0.3) is 6.08 Å². The molecule has 1 aromatic rings. The summed E-state index contributed by atoms with van der Waals surface area (Å²) in [6.07, 6.45) is 4.80. The van der Waals surface area contributed by atoms with Gasteiger partial charge in [-0.05, 0) is 36.1 Å². The largest absolute Gasteiger partial charge is 0.295 e. The maximum absolute atomic E-state index is 11.5. The Hall–Kier alpha value is -1.63. The molecule has 16 heavy (non-hydrogen) atoms. The molecule has 1 atom stereocenters. The minimum atomic E-state index is 0.124. The van der Waals surface area contributed by atoms with E-state index in [1.807, 2.05) is 32.0 Å². The number of hydrogen-bond donors (Lipinski definition) is 0. The smallest absolute Gasteiger partial charge is 0.159 e. The molecule has 1 aliphatic rings. The standard InChI is InChI=1S/C15H16O/c1-11-9-15(16)12(2)8-14(11)10-13-6-4-3-5-7-13/h3-7,9-10,12H,8H2,1-2H3. The maximum atomic E-state index is 11.5. The summed E-state index contributed by atoms with van der Waals surface area (Å²) < 4.78 is 0. The number of rotatable bonds is 1. The van der Waals surface area contributed by atoms with Crippen molar-refractivity contribution in [2.45, 2.75) is 20.3 Å². The quantitative estimate of drug-likeness (QED) is 0.694. The van der Waals surface area contributed by atoms with Gasteiger partial charge < -0.3 is 0 Å². The molecule has 0 spiro atoms. The van der Waals surface area contributed by atoms with E-state index in [4.69, 9.17) is 0 Å². The first-order valence-corrected chi connectivity index (χ1v) is 5.65. The first-order valence-electron chi connectivity index (χ1n) is 5.65. The molecule has 0 N–H and O–H groups in total. The zero-order valence-corrected chi connectivity index (χ0v) is 9.73. The molecule has 1 nitrogen and oxygen atoms in total. The van der Waals surface area contributed by atoms with E-state index < -0.39 is 0 Å². The number of carbonyl (C=O) groups excluding carboxylic acids is 1. The predicted octanol–water partition coefficient (Wildman–Crippen LogP) is 3.63.